The Balaban J connectivity index is 1.50. The standard InChI is InChI=1S/C23H16Cl2F3N3O3/c24-17-7-6-15(20(25)11-17)13-34-19-8-4-14(5-9-19)12-29-31-22(33)21(32)30-18-3-1-2-16(10-18)23(26,27)28/h1-12H,13H2,(H,30,32)(H,31,33)/b29-12+. The molecule has 11 heteroatoms. The van der Waals surface area contributed by atoms with Crippen molar-refractivity contribution in [2.75, 3.05) is 5.32 Å². The monoisotopic (exact) mass is 509 g/mol. The number of nitrogens with zero attached hydrogens (tertiary/aromatic N) is 1. The van der Waals surface area contributed by atoms with Crippen molar-refractivity contribution in [3.8, 4) is 5.75 Å². The second kappa shape index (κ2) is 11.0. The van der Waals surface area contributed by atoms with Gasteiger partial charge < -0.3 is 10.1 Å². The number of carbonyl (C=O) groups is 2. The number of nitrogens with one attached hydrogen (secondary N) is 2. The van der Waals surface area contributed by atoms with Crippen LogP contribution in [0.5, 0.6) is 5.75 Å². The second-order valence-electron chi connectivity index (χ2n) is 6.83. The lowest BCUT2D eigenvalue weighted by molar-refractivity contribution is -0.137. The molecule has 0 unspecified atom stereocenters. The van der Waals surface area contributed by atoms with Gasteiger partial charge in [0.2, 0.25) is 0 Å². The molecule has 0 aliphatic heterocycles. The molecule has 0 aliphatic carbocycles. The SMILES string of the molecule is O=C(N/N=C/c1ccc(OCc2ccc(Cl)cc2Cl)cc1)C(=O)Nc1cccc(C(F)(F)F)c1. The second-order valence-corrected chi connectivity index (χ2v) is 7.67. The summed E-state index contributed by atoms with van der Waals surface area (Å²) in [6.07, 6.45) is -3.29. The molecule has 2 amide bonds. The Kier molecular flexibility index (Phi) is 8.14. The third-order valence-electron chi connectivity index (χ3n) is 4.32. The Hall–Kier alpha value is -3.56. The van der Waals surface area contributed by atoms with Crippen LogP contribution < -0.4 is 15.5 Å². The summed E-state index contributed by atoms with van der Waals surface area (Å²) in [5.41, 5.74) is 2.24. The molecular formula is C23H16Cl2F3N3O3. The maximum atomic E-state index is 12.7. The van der Waals surface area contributed by atoms with Crippen LogP contribution in [0, 0.1) is 0 Å². The summed E-state index contributed by atoms with van der Waals surface area (Å²) in [6, 6.07) is 15.7. The summed E-state index contributed by atoms with van der Waals surface area (Å²) >= 11 is 12.0. The summed E-state index contributed by atoms with van der Waals surface area (Å²) in [4.78, 5) is 23.7. The summed E-state index contributed by atoms with van der Waals surface area (Å²) in [7, 11) is 0. The normalized spacial score (nSPS) is 11.3. The van der Waals surface area contributed by atoms with E-state index in [1.54, 1.807) is 42.5 Å². The first-order valence-corrected chi connectivity index (χ1v) is 10.4. The van der Waals surface area contributed by atoms with Gasteiger partial charge >= 0.3 is 18.0 Å². The van der Waals surface area contributed by atoms with Crippen LogP contribution in [0.3, 0.4) is 0 Å². The van der Waals surface area contributed by atoms with E-state index < -0.39 is 23.6 Å². The molecule has 0 saturated heterocycles. The Labute approximate surface area is 202 Å². The van der Waals surface area contributed by atoms with E-state index in [0.717, 1.165) is 23.8 Å². The molecule has 0 atom stereocenters. The number of hydrogen-bond acceptors (Lipinski definition) is 4. The average Bonchev–Trinajstić information content (AvgIpc) is 2.79. The number of alkyl halides is 3. The van der Waals surface area contributed by atoms with Crippen molar-refractivity contribution in [2.45, 2.75) is 12.8 Å². The first kappa shape index (κ1) is 25.1. The molecule has 0 aromatic heterocycles. The number of hydrogen-bond donors (Lipinski definition) is 2. The molecule has 0 heterocycles. The molecule has 176 valence electrons. The Bertz CT molecular complexity index is 1220. The van der Waals surface area contributed by atoms with Crippen LogP contribution in [0.15, 0.2) is 71.8 Å². The predicted octanol–water partition coefficient (Wildman–Crippen LogP) is 5.68. The summed E-state index contributed by atoms with van der Waals surface area (Å²) in [5.74, 6) is -1.75. The highest BCUT2D eigenvalue weighted by atomic mass is 35.5. The van der Waals surface area contributed by atoms with Gasteiger partial charge in [0.15, 0.2) is 0 Å². The molecule has 34 heavy (non-hydrogen) atoms. The predicted molar refractivity (Wildman–Crippen MR) is 123 cm³/mol. The maximum Gasteiger partial charge on any atom is 0.416 e. The lowest BCUT2D eigenvalue weighted by atomic mass is 10.2. The van der Waals surface area contributed by atoms with Crippen LogP contribution in [0.1, 0.15) is 16.7 Å². The van der Waals surface area contributed by atoms with E-state index in [4.69, 9.17) is 27.9 Å². The first-order valence-electron chi connectivity index (χ1n) is 9.60. The van der Waals surface area contributed by atoms with Crippen molar-refractivity contribution in [1.82, 2.24) is 5.43 Å². The fourth-order valence-corrected chi connectivity index (χ4v) is 3.09. The molecule has 3 aromatic rings. The topological polar surface area (TPSA) is 79.8 Å². The highest BCUT2D eigenvalue weighted by Crippen LogP contribution is 2.30. The highest BCUT2D eigenvalue weighted by Gasteiger charge is 2.30. The maximum absolute atomic E-state index is 12.7. The molecule has 0 fully saturated rings. The van der Waals surface area contributed by atoms with Gasteiger partial charge in [0.25, 0.3) is 0 Å². The van der Waals surface area contributed by atoms with E-state index in [0.29, 0.717) is 21.4 Å². The van der Waals surface area contributed by atoms with Crippen LogP contribution >= 0.6 is 23.2 Å². The lowest BCUT2D eigenvalue weighted by Crippen LogP contribution is -2.32. The number of amides is 2. The van der Waals surface area contributed by atoms with Crippen molar-refractivity contribution in [1.29, 1.82) is 0 Å². The Morgan fingerprint density at radius 1 is 0.971 bits per heavy atom. The van der Waals surface area contributed by atoms with Crippen molar-refractivity contribution in [3.63, 3.8) is 0 Å². The highest BCUT2D eigenvalue weighted by molar-refractivity contribution is 6.39. The van der Waals surface area contributed by atoms with Crippen LogP contribution in [0.2, 0.25) is 10.0 Å². The lowest BCUT2D eigenvalue weighted by Gasteiger charge is -2.09. The van der Waals surface area contributed by atoms with Gasteiger partial charge in [0.05, 0.1) is 11.8 Å². The van der Waals surface area contributed by atoms with Gasteiger partial charge in [-0.2, -0.15) is 18.3 Å². The van der Waals surface area contributed by atoms with Crippen LogP contribution in [-0.2, 0) is 22.4 Å². The fraction of sp³-hybridized carbons (Fsp3) is 0.0870. The molecule has 2 N–H and O–H groups in total. The number of benzene rings is 3. The number of ether oxygens (including phenoxy) is 1. The summed E-state index contributed by atoms with van der Waals surface area (Å²) in [5, 5.41) is 6.77. The zero-order chi connectivity index (χ0) is 24.7. The largest absolute Gasteiger partial charge is 0.489 e. The van der Waals surface area contributed by atoms with Crippen molar-refractivity contribution in [2.24, 2.45) is 5.10 Å². The molecule has 0 aliphatic rings. The Morgan fingerprint density at radius 3 is 2.38 bits per heavy atom. The molecule has 0 bridgehead atoms. The molecule has 0 spiro atoms. The average molecular weight is 510 g/mol. The van der Waals surface area contributed by atoms with E-state index in [2.05, 4.69) is 10.4 Å². The van der Waals surface area contributed by atoms with E-state index in [1.807, 2.05) is 5.43 Å². The first-order chi connectivity index (χ1) is 16.1. The molecule has 6 nitrogen and oxygen atoms in total. The van der Waals surface area contributed by atoms with Crippen molar-refractivity contribution >= 4 is 46.9 Å². The third-order valence-corrected chi connectivity index (χ3v) is 4.91. The van der Waals surface area contributed by atoms with Gasteiger partial charge in [0.1, 0.15) is 12.4 Å². The van der Waals surface area contributed by atoms with E-state index >= 15 is 0 Å². The van der Waals surface area contributed by atoms with Crippen LogP contribution in [-0.4, -0.2) is 18.0 Å². The molecule has 3 aromatic carbocycles. The number of halogens is 5. The number of hydrazone groups is 1. The van der Waals surface area contributed by atoms with Gasteiger partial charge in [-0.15, -0.1) is 0 Å². The van der Waals surface area contributed by atoms with E-state index in [1.165, 1.54) is 12.3 Å². The van der Waals surface area contributed by atoms with Gasteiger partial charge in [-0.05, 0) is 60.2 Å². The van der Waals surface area contributed by atoms with Crippen LogP contribution in [0.25, 0.3) is 0 Å². The van der Waals surface area contributed by atoms with Gasteiger partial charge in [0, 0.05) is 21.3 Å². The molecular weight excluding hydrogens is 494 g/mol. The number of anilines is 1. The Morgan fingerprint density at radius 2 is 1.71 bits per heavy atom. The zero-order valence-corrected chi connectivity index (χ0v) is 18.7. The van der Waals surface area contributed by atoms with Gasteiger partial charge in [-0.3, -0.25) is 9.59 Å². The third kappa shape index (κ3) is 7.23. The van der Waals surface area contributed by atoms with E-state index in [-0.39, 0.29) is 12.3 Å². The fourth-order valence-electron chi connectivity index (χ4n) is 2.63. The number of carbonyl (C=O) groups excluding carboxylic acids is 2. The minimum absolute atomic E-state index is 0.172. The minimum atomic E-state index is -4.57. The quantitative estimate of drug-likeness (QED) is 0.255. The van der Waals surface area contributed by atoms with Crippen LogP contribution in [0.4, 0.5) is 18.9 Å². The molecule has 3 rings (SSSR count). The van der Waals surface area contributed by atoms with Crippen molar-refractivity contribution < 1.29 is 27.5 Å². The summed E-state index contributed by atoms with van der Waals surface area (Å²) in [6.45, 7) is 0.237. The van der Waals surface area contributed by atoms with Crippen molar-refractivity contribution in [3.05, 3.63) is 93.5 Å². The van der Waals surface area contributed by atoms with Gasteiger partial charge in [-0.1, -0.05) is 35.3 Å². The number of rotatable bonds is 6. The van der Waals surface area contributed by atoms with Gasteiger partial charge in [-0.25, -0.2) is 5.43 Å². The smallest absolute Gasteiger partial charge is 0.416 e. The minimum Gasteiger partial charge on any atom is -0.489 e. The summed E-state index contributed by atoms with van der Waals surface area (Å²) < 4.78 is 43.9. The zero-order valence-electron chi connectivity index (χ0n) is 17.2. The molecule has 0 saturated carbocycles. The molecule has 0 radical (unpaired) electrons. The van der Waals surface area contributed by atoms with E-state index in [9.17, 15) is 22.8 Å².